The minimum atomic E-state index is -0.307. The molecule has 2 aromatic carbocycles. The second-order valence-electron chi connectivity index (χ2n) is 8.73. The van der Waals surface area contributed by atoms with Gasteiger partial charge in [0.05, 0.1) is 14.2 Å². The molecule has 2 N–H and O–H groups in total. The van der Waals surface area contributed by atoms with Crippen LogP contribution in [0.4, 0.5) is 0 Å². The van der Waals surface area contributed by atoms with Crippen LogP contribution in [0.25, 0.3) is 17.0 Å². The normalized spacial score (nSPS) is 13.4. The Morgan fingerprint density at radius 3 is 2.65 bits per heavy atom. The summed E-state index contributed by atoms with van der Waals surface area (Å²) in [6, 6.07) is 13.3. The van der Waals surface area contributed by atoms with Gasteiger partial charge >= 0.3 is 0 Å². The van der Waals surface area contributed by atoms with Crippen molar-refractivity contribution in [3.8, 4) is 11.5 Å². The van der Waals surface area contributed by atoms with Gasteiger partial charge in [-0.15, -0.1) is 0 Å². The van der Waals surface area contributed by atoms with Crippen molar-refractivity contribution in [2.45, 2.75) is 25.7 Å². The monoisotopic (exact) mass is 504 g/mol. The van der Waals surface area contributed by atoms with Crippen LogP contribution < -0.4 is 14.8 Å². The van der Waals surface area contributed by atoms with Gasteiger partial charge in [-0.1, -0.05) is 18.2 Å². The highest BCUT2D eigenvalue weighted by atomic mass is 16.5. The van der Waals surface area contributed by atoms with E-state index in [1.807, 2.05) is 30.5 Å². The van der Waals surface area contributed by atoms with Gasteiger partial charge in [-0.05, 0) is 48.7 Å². The molecule has 37 heavy (non-hydrogen) atoms. The fourth-order valence-electron chi connectivity index (χ4n) is 4.43. The molecule has 1 aliphatic rings. The average Bonchev–Trinajstić information content (AvgIpc) is 3.58. The second-order valence-corrected chi connectivity index (χ2v) is 8.73. The lowest BCUT2D eigenvalue weighted by Crippen LogP contribution is -2.44. The van der Waals surface area contributed by atoms with Crippen molar-refractivity contribution in [2.24, 2.45) is 0 Å². The van der Waals surface area contributed by atoms with E-state index in [2.05, 4.69) is 10.3 Å². The van der Waals surface area contributed by atoms with Crippen LogP contribution in [0.5, 0.6) is 11.5 Å². The van der Waals surface area contributed by atoms with E-state index in [-0.39, 0.29) is 30.6 Å². The fraction of sp³-hybridized carbons (Fsp3) is 0.321. The molecule has 2 heterocycles. The molecule has 0 radical (unpaired) electrons. The van der Waals surface area contributed by atoms with Gasteiger partial charge in [0.25, 0.3) is 5.91 Å². The number of methoxy groups -OCH3 is 2. The van der Waals surface area contributed by atoms with Crippen molar-refractivity contribution in [3.63, 3.8) is 0 Å². The number of H-pyrrole nitrogens is 1. The zero-order chi connectivity index (χ0) is 26.2. The second kappa shape index (κ2) is 12.1. The van der Waals surface area contributed by atoms with Crippen molar-refractivity contribution in [2.75, 3.05) is 33.9 Å². The van der Waals surface area contributed by atoms with E-state index in [4.69, 9.17) is 9.47 Å². The smallest absolute Gasteiger partial charge is 0.265 e. The van der Waals surface area contributed by atoms with Crippen molar-refractivity contribution >= 4 is 34.7 Å². The zero-order valence-electron chi connectivity index (χ0n) is 21.2. The summed E-state index contributed by atoms with van der Waals surface area (Å²) in [5.74, 6) is 0.514. The van der Waals surface area contributed by atoms with Crippen LogP contribution in [-0.4, -0.2) is 66.6 Å². The first-order valence-corrected chi connectivity index (χ1v) is 12.3. The van der Waals surface area contributed by atoms with E-state index in [0.717, 1.165) is 16.5 Å². The van der Waals surface area contributed by atoms with Crippen molar-refractivity contribution in [1.82, 2.24) is 20.3 Å². The molecule has 9 heteroatoms. The maximum Gasteiger partial charge on any atom is 0.265 e. The molecule has 1 saturated heterocycles. The molecular weight excluding hydrogens is 472 g/mol. The molecule has 1 fully saturated rings. The summed E-state index contributed by atoms with van der Waals surface area (Å²) in [6.45, 7) is 1.38. The fourth-order valence-corrected chi connectivity index (χ4v) is 4.43. The summed E-state index contributed by atoms with van der Waals surface area (Å²) in [4.78, 5) is 41.2. The average molecular weight is 505 g/mol. The largest absolute Gasteiger partial charge is 0.497 e. The van der Waals surface area contributed by atoms with E-state index in [0.29, 0.717) is 49.5 Å². The van der Waals surface area contributed by atoms with Crippen LogP contribution >= 0.6 is 0 Å². The Labute approximate surface area is 216 Å². The number of nitrogens with one attached hydrogen (secondary N) is 2. The third-order valence-electron chi connectivity index (χ3n) is 6.37. The standard InChI is InChI=1S/C28H32N4O5/c1-36-22-9-10-25(37-2)20(18-22)8-12-27(34)31-16-5-17-32(31)28(35)13-11-26(33)29-15-14-21-19-30-24-7-4-3-6-23(21)24/h3-4,6-10,12,18-19,30H,5,11,13-17H2,1-2H3,(H,29,33)/b12-8+. The van der Waals surface area contributed by atoms with Gasteiger partial charge in [-0.2, -0.15) is 0 Å². The number of para-hydroxylation sites is 1. The molecule has 1 aromatic heterocycles. The van der Waals surface area contributed by atoms with Crippen molar-refractivity contribution in [1.29, 1.82) is 0 Å². The first-order chi connectivity index (χ1) is 18.0. The molecular formula is C28H32N4O5. The van der Waals surface area contributed by atoms with Gasteiger partial charge in [-0.25, -0.2) is 5.01 Å². The predicted molar refractivity (Wildman–Crippen MR) is 141 cm³/mol. The lowest BCUT2D eigenvalue weighted by atomic mass is 10.1. The Kier molecular flexibility index (Phi) is 8.45. The molecule has 3 aromatic rings. The Bertz CT molecular complexity index is 1300. The molecule has 1 aliphatic heterocycles. The topological polar surface area (TPSA) is 104 Å². The molecule has 0 saturated carbocycles. The van der Waals surface area contributed by atoms with Crippen LogP contribution in [0.3, 0.4) is 0 Å². The summed E-state index contributed by atoms with van der Waals surface area (Å²) in [5, 5.41) is 6.90. The number of carbonyl (C=O) groups is 3. The number of aromatic amines is 1. The summed E-state index contributed by atoms with van der Waals surface area (Å²) in [5.41, 5.74) is 2.89. The first-order valence-electron chi connectivity index (χ1n) is 12.3. The van der Waals surface area contributed by atoms with Crippen LogP contribution in [0, 0.1) is 0 Å². The maximum absolute atomic E-state index is 12.9. The maximum atomic E-state index is 12.9. The number of hydrogen-bond donors (Lipinski definition) is 2. The van der Waals surface area contributed by atoms with Crippen molar-refractivity contribution in [3.05, 3.63) is 65.9 Å². The molecule has 0 atom stereocenters. The third kappa shape index (κ3) is 6.30. The van der Waals surface area contributed by atoms with E-state index in [1.54, 1.807) is 38.5 Å². The first kappa shape index (κ1) is 25.8. The summed E-state index contributed by atoms with van der Waals surface area (Å²) >= 11 is 0. The number of benzene rings is 2. The molecule has 0 spiro atoms. The summed E-state index contributed by atoms with van der Waals surface area (Å²) in [6.07, 6.45) is 6.51. The number of hydrogen-bond acceptors (Lipinski definition) is 5. The van der Waals surface area contributed by atoms with Crippen LogP contribution in [-0.2, 0) is 20.8 Å². The lowest BCUT2D eigenvalue weighted by Gasteiger charge is -2.27. The van der Waals surface area contributed by atoms with E-state index in [9.17, 15) is 14.4 Å². The molecule has 4 rings (SSSR count). The van der Waals surface area contributed by atoms with E-state index < -0.39 is 0 Å². The Morgan fingerprint density at radius 1 is 1.03 bits per heavy atom. The highest BCUT2D eigenvalue weighted by molar-refractivity contribution is 5.94. The molecule has 0 unspecified atom stereocenters. The van der Waals surface area contributed by atoms with Gasteiger partial charge in [0.2, 0.25) is 11.8 Å². The minimum Gasteiger partial charge on any atom is -0.497 e. The minimum absolute atomic E-state index is 0.0378. The van der Waals surface area contributed by atoms with Gasteiger partial charge < -0.3 is 19.8 Å². The zero-order valence-corrected chi connectivity index (χ0v) is 21.2. The van der Waals surface area contributed by atoms with Gasteiger partial charge in [-0.3, -0.25) is 19.4 Å². The van der Waals surface area contributed by atoms with Gasteiger partial charge in [0.15, 0.2) is 0 Å². The number of carbonyl (C=O) groups excluding carboxylic acids is 3. The summed E-state index contributed by atoms with van der Waals surface area (Å²) in [7, 11) is 3.12. The molecule has 0 aliphatic carbocycles. The Balaban J connectivity index is 1.26. The van der Waals surface area contributed by atoms with Crippen LogP contribution in [0.1, 0.15) is 30.4 Å². The molecule has 194 valence electrons. The summed E-state index contributed by atoms with van der Waals surface area (Å²) < 4.78 is 10.6. The number of rotatable bonds is 10. The highest BCUT2D eigenvalue weighted by Crippen LogP contribution is 2.25. The SMILES string of the molecule is COc1ccc(OC)c(/C=C/C(=O)N2CCCN2C(=O)CCC(=O)NCCc2c[nH]c3ccccc23)c1. The van der Waals surface area contributed by atoms with E-state index in [1.165, 1.54) is 16.1 Å². The van der Waals surface area contributed by atoms with Crippen LogP contribution in [0.15, 0.2) is 54.7 Å². The van der Waals surface area contributed by atoms with E-state index >= 15 is 0 Å². The number of nitrogens with zero attached hydrogens (tertiary/aromatic N) is 2. The van der Waals surface area contributed by atoms with Crippen LogP contribution in [0.2, 0.25) is 0 Å². The number of ether oxygens (including phenoxy) is 2. The number of fused-ring (bicyclic) bond motifs is 1. The lowest BCUT2D eigenvalue weighted by molar-refractivity contribution is -0.155. The van der Waals surface area contributed by atoms with Crippen molar-refractivity contribution < 1.29 is 23.9 Å². The molecule has 0 bridgehead atoms. The highest BCUT2D eigenvalue weighted by Gasteiger charge is 2.29. The predicted octanol–water partition coefficient (Wildman–Crippen LogP) is 3.31. The molecule has 9 nitrogen and oxygen atoms in total. The number of hydrazine groups is 1. The third-order valence-corrected chi connectivity index (χ3v) is 6.37. The quantitative estimate of drug-likeness (QED) is 0.412. The number of aromatic nitrogens is 1. The molecule has 3 amide bonds. The Hall–Kier alpha value is -4.27. The number of amides is 3. The van der Waals surface area contributed by atoms with Gasteiger partial charge in [0, 0.05) is 61.2 Å². The Morgan fingerprint density at radius 2 is 1.84 bits per heavy atom. The van der Waals surface area contributed by atoms with Gasteiger partial charge in [0.1, 0.15) is 11.5 Å².